The summed E-state index contributed by atoms with van der Waals surface area (Å²) in [6.45, 7) is 3.17. The Morgan fingerprint density at radius 2 is 1.67 bits per heavy atom. The topological polar surface area (TPSA) is 49.6 Å². The lowest BCUT2D eigenvalue weighted by atomic mass is 10.0. The molecule has 2 aromatic carbocycles. The maximum atomic E-state index is 11.9. The van der Waals surface area contributed by atoms with Crippen LogP contribution in [0.3, 0.4) is 0 Å². The zero-order valence-corrected chi connectivity index (χ0v) is 19.5. The van der Waals surface area contributed by atoms with E-state index in [4.69, 9.17) is 0 Å². The molecule has 0 aliphatic carbocycles. The number of pyridine rings is 1. The van der Waals surface area contributed by atoms with Crippen molar-refractivity contribution < 1.29 is 0 Å². The van der Waals surface area contributed by atoms with Crippen molar-refractivity contribution in [3.63, 3.8) is 0 Å². The highest BCUT2D eigenvalue weighted by molar-refractivity contribution is 14.0. The first-order valence-corrected chi connectivity index (χ1v) is 9.98. The summed E-state index contributed by atoms with van der Waals surface area (Å²) in [5.74, 6) is 0.930. The summed E-state index contributed by atoms with van der Waals surface area (Å²) in [5.41, 5.74) is 5.13. The molecule has 4 rings (SSSR count). The van der Waals surface area contributed by atoms with Crippen LogP contribution in [0.4, 0.5) is 0 Å². The smallest absolute Gasteiger partial charge is 0.250 e. The van der Waals surface area contributed by atoms with Crippen LogP contribution in [0.5, 0.6) is 0 Å². The van der Waals surface area contributed by atoms with Gasteiger partial charge in [0.2, 0.25) is 0 Å². The Kier molecular flexibility index (Phi) is 7.68. The Morgan fingerprint density at radius 3 is 2.40 bits per heavy atom. The van der Waals surface area contributed by atoms with Gasteiger partial charge in [0.05, 0.1) is 6.54 Å². The van der Waals surface area contributed by atoms with Gasteiger partial charge in [-0.15, -0.1) is 24.0 Å². The molecule has 30 heavy (non-hydrogen) atoms. The molecule has 0 bridgehead atoms. The average molecular weight is 514 g/mol. The van der Waals surface area contributed by atoms with Crippen LogP contribution in [0.2, 0.25) is 0 Å². The highest BCUT2D eigenvalue weighted by Gasteiger charge is 2.18. The summed E-state index contributed by atoms with van der Waals surface area (Å²) >= 11 is 0. The van der Waals surface area contributed by atoms with E-state index in [1.165, 1.54) is 16.7 Å². The molecule has 1 aliphatic heterocycles. The van der Waals surface area contributed by atoms with Crippen molar-refractivity contribution in [3.05, 3.63) is 106 Å². The number of benzene rings is 2. The Labute approximate surface area is 194 Å². The van der Waals surface area contributed by atoms with E-state index in [-0.39, 0.29) is 29.5 Å². The van der Waals surface area contributed by atoms with Gasteiger partial charge in [-0.05, 0) is 34.7 Å². The molecule has 0 saturated carbocycles. The molecule has 0 fully saturated rings. The first kappa shape index (κ1) is 22.1. The summed E-state index contributed by atoms with van der Waals surface area (Å²) in [6, 6.07) is 22.2. The lowest BCUT2D eigenvalue weighted by molar-refractivity contribution is 0.378. The van der Waals surface area contributed by atoms with Crippen LogP contribution < -0.4 is 10.9 Å². The van der Waals surface area contributed by atoms with Gasteiger partial charge in [0, 0.05) is 38.9 Å². The maximum absolute atomic E-state index is 11.9. The van der Waals surface area contributed by atoms with Crippen molar-refractivity contribution in [2.24, 2.45) is 4.99 Å². The van der Waals surface area contributed by atoms with Crippen molar-refractivity contribution in [3.8, 4) is 0 Å². The zero-order valence-electron chi connectivity index (χ0n) is 17.1. The van der Waals surface area contributed by atoms with Crippen LogP contribution in [0, 0.1) is 0 Å². The molecule has 0 radical (unpaired) electrons. The predicted octanol–water partition coefficient (Wildman–Crippen LogP) is 3.65. The molecule has 3 aromatic rings. The molecule has 156 valence electrons. The van der Waals surface area contributed by atoms with Gasteiger partial charge in [0.1, 0.15) is 0 Å². The highest BCUT2D eigenvalue weighted by Crippen LogP contribution is 2.18. The third kappa shape index (κ3) is 5.30. The van der Waals surface area contributed by atoms with Crippen molar-refractivity contribution in [1.29, 1.82) is 0 Å². The summed E-state index contributed by atoms with van der Waals surface area (Å²) in [5, 5.41) is 3.49. The van der Waals surface area contributed by atoms with Gasteiger partial charge in [0.25, 0.3) is 5.56 Å². The molecule has 1 N–H and O–H groups in total. The van der Waals surface area contributed by atoms with E-state index in [2.05, 4.69) is 63.7 Å². The lowest BCUT2D eigenvalue weighted by Gasteiger charge is -2.31. The molecule has 0 unspecified atom stereocenters. The van der Waals surface area contributed by atoms with E-state index in [0.717, 1.165) is 37.6 Å². The van der Waals surface area contributed by atoms with E-state index in [1.807, 2.05) is 19.3 Å². The highest BCUT2D eigenvalue weighted by atomic mass is 127. The fourth-order valence-corrected chi connectivity index (χ4v) is 3.74. The number of hydrogen-bond acceptors (Lipinski definition) is 2. The zero-order chi connectivity index (χ0) is 20.1. The Hall–Kier alpha value is -2.61. The molecule has 1 aromatic heterocycles. The molecule has 0 spiro atoms. The third-order valence-electron chi connectivity index (χ3n) is 5.37. The minimum absolute atomic E-state index is 0. The number of aromatic nitrogens is 1. The van der Waals surface area contributed by atoms with Crippen LogP contribution in [-0.2, 0) is 26.1 Å². The average Bonchev–Trinajstić information content (AvgIpc) is 2.77. The Bertz CT molecular complexity index is 1060. The van der Waals surface area contributed by atoms with Crippen LogP contribution in [0.25, 0.3) is 0 Å². The van der Waals surface area contributed by atoms with E-state index in [9.17, 15) is 4.79 Å². The van der Waals surface area contributed by atoms with Gasteiger partial charge >= 0.3 is 0 Å². The second kappa shape index (κ2) is 10.4. The van der Waals surface area contributed by atoms with Gasteiger partial charge in [0.15, 0.2) is 5.96 Å². The summed E-state index contributed by atoms with van der Waals surface area (Å²) < 4.78 is 1.71. The van der Waals surface area contributed by atoms with Crippen molar-refractivity contribution in [2.75, 3.05) is 13.6 Å². The fourth-order valence-electron chi connectivity index (χ4n) is 3.74. The minimum Gasteiger partial charge on any atom is -0.352 e. The van der Waals surface area contributed by atoms with Gasteiger partial charge in [-0.3, -0.25) is 9.79 Å². The first-order valence-electron chi connectivity index (χ1n) is 9.98. The van der Waals surface area contributed by atoms with Gasteiger partial charge < -0.3 is 14.8 Å². The second-order valence-corrected chi connectivity index (χ2v) is 7.32. The largest absolute Gasteiger partial charge is 0.352 e. The number of halogens is 1. The molecule has 1 aliphatic rings. The molecule has 0 amide bonds. The second-order valence-electron chi connectivity index (χ2n) is 7.32. The summed E-state index contributed by atoms with van der Waals surface area (Å²) in [7, 11) is 1.84. The quantitative estimate of drug-likeness (QED) is 0.329. The number of fused-ring (bicyclic) bond motifs is 1. The lowest BCUT2D eigenvalue weighted by Crippen LogP contribution is -2.43. The van der Waals surface area contributed by atoms with Crippen LogP contribution in [0.1, 0.15) is 22.3 Å². The van der Waals surface area contributed by atoms with Crippen molar-refractivity contribution in [2.45, 2.75) is 26.1 Å². The van der Waals surface area contributed by atoms with E-state index in [1.54, 1.807) is 16.7 Å². The van der Waals surface area contributed by atoms with Crippen molar-refractivity contribution in [1.82, 2.24) is 14.8 Å². The molecular weight excluding hydrogens is 487 g/mol. The Balaban J connectivity index is 0.00000256. The van der Waals surface area contributed by atoms with Crippen LogP contribution in [-0.4, -0.2) is 29.0 Å². The minimum atomic E-state index is 0. The summed E-state index contributed by atoms with van der Waals surface area (Å²) in [6.07, 6.45) is 2.86. The molecule has 5 nitrogen and oxygen atoms in total. The van der Waals surface area contributed by atoms with Gasteiger partial charge in [-0.25, -0.2) is 0 Å². The first-order chi connectivity index (χ1) is 14.2. The monoisotopic (exact) mass is 514 g/mol. The van der Waals surface area contributed by atoms with Gasteiger partial charge in [-0.2, -0.15) is 0 Å². The molecule has 2 heterocycles. The third-order valence-corrected chi connectivity index (χ3v) is 5.37. The van der Waals surface area contributed by atoms with E-state index in [0.29, 0.717) is 6.54 Å². The predicted molar refractivity (Wildman–Crippen MR) is 132 cm³/mol. The van der Waals surface area contributed by atoms with Crippen LogP contribution in [0.15, 0.2) is 82.7 Å². The number of rotatable bonds is 4. The van der Waals surface area contributed by atoms with Gasteiger partial charge in [-0.1, -0.05) is 54.6 Å². The SMILES string of the molecule is CN=C(NCc1ccc(Cn2ccccc2=O)cc1)N1CCc2ccccc2C1.I. The normalized spacial score (nSPS) is 13.4. The Morgan fingerprint density at radius 1 is 0.967 bits per heavy atom. The number of guanidine groups is 1. The molecular formula is C24H27IN4O. The standard InChI is InChI=1S/C24H26N4O.HI/c1-25-24(28-15-13-21-6-2-3-7-22(21)18-28)26-16-19-9-11-20(12-10-19)17-27-14-5-4-8-23(27)29;/h2-12,14H,13,15-18H2,1H3,(H,25,26);1H. The van der Waals surface area contributed by atoms with Crippen LogP contribution >= 0.6 is 24.0 Å². The number of hydrogen-bond donors (Lipinski definition) is 1. The molecule has 0 saturated heterocycles. The maximum Gasteiger partial charge on any atom is 0.250 e. The van der Waals surface area contributed by atoms with E-state index >= 15 is 0 Å². The van der Waals surface area contributed by atoms with Crippen molar-refractivity contribution >= 4 is 29.9 Å². The number of nitrogens with zero attached hydrogens (tertiary/aromatic N) is 3. The summed E-state index contributed by atoms with van der Waals surface area (Å²) in [4.78, 5) is 18.6. The number of aliphatic imine (C=N–C) groups is 1. The molecule has 6 heteroatoms. The fraction of sp³-hybridized carbons (Fsp3) is 0.250. The number of nitrogens with one attached hydrogen (secondary N) is 1. The van der Waals surface area contributed by atoms with E-state index < -0.39 is 0 Å². The molecule has 0 atom stereocenters.